The van der Waals surface area contributed by atoms with Crippen molar-refractivity contribution in [1.82, 2.24) is 9.55 Å². The van der Waals surface area contributed by atoms with E-state index in [4.69, 9.17) is 39.4 Å². The van der Waals surface area contributed by atoms with Crippen LogP contribution in [0.25, 0.3) is 0 Å². The zero-order valence-corrected chi connectivity index (χ0v) is 20.1. The lowest BCUT2D eigenvalue weighted by Gasteiger charge is -2.30. The van der Waals surface area contributed by atoms with Crippen LogP contribution in [0.5, 0.6) is 0 Å². The molecular weight excluding hydrogens is 514 g/mol. The van der Waals surface area contributed by atoms with Crippen molar-refractivity contribution >= 4 is 25.4 Å². The summed E-state index contributed by atoms with van der Waals surface area (Å²) in [5, 5.41) is 0.395. The number of nitrogens with one attached hydrogen (secondary N) is 1. The van der Waals surface area contributed by atoms with E-state index in [0.29, 0.717) is 10.6 Å². The number of phosphoric acid groups is 1. The third-order valence-corrected chi connectivity index (χ3v) is 6.82. The summed E-state index contributed by atoms with van der Waals surface area (Å²) in [6.07, 6.45) is -4.59. The molecule has 2 fully saturated rings. The van der Waals surface area contributed by atoms with Gasteiger partial charge in [0.15, 0.2) is 31.1 Å². The predicted molar refractivity (Wildman–Crippen MR) is 116 cm³/mol. The van der Waals surface area contributed by atoms with Gasteiger partial charge in [0, 0.05) is 29.8 Å². The van der Waals surface area contributed by atoms with E-state index in [9.17, 15) is 18.9 Å². The number of carbonyl (C=O) groups excluding carboxylic acids is 1. The van der Waals surface area contributed by atoms with E-state index < -0.39 is 68.8 Å². The number of phosphoric ester groups is 1. The van der Waals surface area contributed by atoms with Gasteiger partial charge in [-0.1, -0.05) is 23.7 Å². The number of carbonyl (C=O) groups is 1. The molecule has 35 heavy (non-hydrogen) atoms. The van der Waals surface area contributed by atoms with E-state index in [2.05, 4.69) is 0 Å². The maximum Gasteiger partial charge on any atom is 0.479 e. The van der Waals surface area contributed by atoms with Crippen molar-refractivity contribution in [2.45, 2.75) is 44.2 Å². The largest absolute Gasteiger partial charge is 0.479 e. The van der Waals surface area contributed by atoms with E-state index in [1.54, 1.807) is 24.3 Å². The van der Waals surface area contributed by atoms with Gasteiger partial charge in [-0.3, -0.25) is 32.7 Å². The fourth-order valence-electron chi connectivity index (χ4n) is 3.70. The molecular formula is C20H21ClFN2O10P. The molecule has 3 heterocycles. The van der Waals surface area contributed by atoms with Crippen LogP contribution in [0.4, 0.5) is 4.39 Å². The van der Waals surface area contributed by atoms with Crippen molar-refractivity contribution < 1.29 is 41.5 Å². The second-order valence-corrected chi connectivity index (χ2v) is 9.93. The highest BCUT2D eigenvalue weighted by Gasteiger charge is 2.58. The molecule has 0 bridgehead atoms. The van der Waals surface area contributed by atoms with Crippen LogP contribution in [-0.2, 0) is 37.1 Å². The minimum Gasteiger partial charge on any atom is -0.456 e. The van der Waals surface area contributed by atoms with Gasteiger partial charge in [-0.15, -0.1) is 0 Å². The zero-order chi connectivity index (χ0) is 25.4. The van der Waals surface area contributed by atoms with Gasteiger partial charge in [0.2, 0.25) is 0 Å². The van der Waals surface area contributed by atoms with Crippen LogP contribution in [0.1, 0.15) is 31.9 Å². The number of hydrogen-bond acceptors (Lipinski definition) is 10. The van der Waals surface area contributed by atoms with Crippen molar-refractivity contribution in [3.63, 3.8) is 0 Å². The van der Waals surface area contributed by atoms with Crippen molar-refractivity contribution in [3.8, 4) is 0 Å². The summed E-state index contributed by atoms with van der Waals surface area (Å²) in [7, 11) is -4.24. The highest BCUT2D eigenvalue weighted by atomic mass is 35.5. The second-order valence-electron chi connectivity index (χ2n) is 7.87. The molecule has 6 atom stereocenters. The van der Waals surface area contributed by atoms with Gasteiger partial charge in [-0.05, 0) is 19.1 Å². The van der Waals surface area contributed by atoms with Crippen LogP contribution in [0, 0.1) is 0 Å². The fourth-order valence-corrected chi connectivity index (χ4v) is 5.03. The molecule has 4 rings (SSSR count). The minimum absolute atomic E-state index is 0.395. The number of nitrogens with zero attached hydrogens (tertiary/aromatic N) is 1. The smallest absolute Gasteiger partial charge is 0.456 e. The first kappa shape index (κ1) is 25.7. The molecule has 0 spiro atoms. The summed E-state index contributed by atoms with van der Waals surface area (Å²) in [5.74, 6) is -0.826. The highest BCUT2D eigenvalue weighted by molar-refractivity contribution is 7.48. The van der Waals surface area contributed by atoms with Gasteiger partial charge in [0.05, 0.1) is 6.61 Å². The van der Waals surface area contributed by atoms with Gasteiger partial charge in [-0.25, -0.2) is 13.8 Å². The van der Waals surface area contributed by atoms with E-state index >= 15 is 4.39 Å². The number of esters is 1. The Labute approximate surface area is 202 Å². The molecule has 0 aliphatic carbocycles. The number of hydrogen-bond donors (Lipinski definition) is 1. The average molecular weight is 535 g/mol. The van der Waals surface area contributed by atoms with Crippen molar-refractivity contribution in [2.75, 3.05) is 13.4 Å². The van der Waals surface area contributed by atoms with E-state index in [0.717, 1.165) is 30.7 Å². The summed E-state index contributed by atoms with van der Waals surface area (Å²) < 4.78 is 61.5. The van der Waals surface area contributed by atoms with Gasteiger partial charge >= 0.3 is 19.5 Å². The number of aromatic nitrogens is 2. The molecule has 1 aromatic carbocycles. The standard InChI is InChI=1S/C20H21ClFN2O10P/c1-11(25)32-16-14(33-18(20(16,2)22)24-7-6-15(26)23-19(24)27)9-30-35(28)31-10-29-17(34-35)12-4-3-5-13(21)8-12/h3-8,14,16-18H,9-10H2,1-2H3,(H,23,26,27)/t14-,16-,17?,18-,20-,35?/m1/s1. The number of rotatable bonds is 6. The molecule has 1 N–H and O–H groups in total. The number of H-pyrrole nitrogens is 1. The molecule has 2 unspecified atom stereocenters. The maximum atomic E-state index is 15.8. The first-order chi connectivity index (χ1) is 16.5. The number of benzene rings is 1. The van der Waals surface area contributed by atoms with Crippen molar-refractivity contribution in [3.05, 3.63) is 68.0 Å². The first-order valence-corrected chi connectivity index (χ1v) is 12.1. The third-order valence-electron chi connectivity index (χ3n) is 5.25. The first-order valence-electron chi connectivity index (χ1n) is 10.3. The molecule has 0 radical (unpaired) electrons. The van der Waals surface area contributed by atoms with E-state index in [-0.39, 0.29) is 0 Å². The molecule has 12 nitrogen and oxygen atoms in total. The molecule has 190 valence electrons. The fraction of sp³-hybridized carbons (Fsp3) is 0.450. The van der Waals surface area contributed by atoms with Crippen LogP contribution >= 0.6 is 19.4 Å². The Hall–Kier alpha value is -2.38. The molecule has 2 aromatic rings. The summed E-state index contributed by atoms with van der Waals surface area (Å²) in [6.45, 7) is 1.08. The Morgan fingerprint density at radius 2 is 2.14 bits per heavy atom. The van der Waals surface area contributed by atoms with Crippen LogP contribution in [0.3, 0.4) is 0 Å². The van der Waals surface area contributed by atoms with Gasteiger partial charge in [0.1, 0.15) is 6.10 Å². The van der Waals surface area contributed by atoms with Crippen molar-refractivity contribution in [1.29, 1.82) is 0 Å². The van der Waals surface area contributed by atoms with E-state index in [1.807, 2.05) is 4.98 Å². The highest BCUT2D eigenvalue weighted by Crippen LogP contribution is 2.57. The van der Waals surface area contributed by atoms with E-state index in [1.165, 1.54) is 0 Å². The maximum absolute atomic E-state index is 15.8. The lowest BCUT2D eigenvalue weighted by Crippen LogP contribution is -2.45. The third kappa shape index (κ3) is 5.56. The van der Waals surface area contributed by atoms with Crippen LogP contribution in [0.2, 0.25) is 5.02 Å². The molecule has 1 aromatic heterocycles. The number of alkyl halides is 1. The molecule has 0 amide bonds. The summed E-state index contributed by atoms with van der Waals surface area (Å²) in [4.78, 5) is 37.2. The summed E-state index contributed by atoms with van der Waals surface area (Å²) >= 11 is 5.97. The Bertz CT molecular complexity index is 1270. The summed E-state index contributed by atoms with van der Waals surface area (Å²) in [5.41, 5.74) is -3.63. The zero-order valence-electron chi connectivity index (χ0n) is 18.4. The second kappa shape index (κ2) is 9.94. The lowest BCUT2D eigenvalue weighted by molar-refractivity contribution is -0.190. The monoisotopic (exact) mass is 534 g/mol. The quantitative estimate of drug-likeness (QED) is 0.433. The number of aromatic amines is 1. The minimum atomic E-state index is -4.24. The van der Waals surface area contributed by atoms with Crippen LogP contribution < -0.4 is 11.2 Å². The number of halogens is 2. The Balaban J connectivity index is 1.53. The molecule has 2 aliphatic heterocycles. The Morgan fingerprint density at radius 3 is 2.83 bits per heavy atom. The molecule has 2 saturated heterocycles. The SMILES string of the molecule is CC(=O)O[C@@H]1[C@@H](COP2(=O)OCOC(c3cccc(Cl)c3)O2)O[C@@H](n2ccc(=O)[nH]c2=O)[C@]1(C)F. The van der Waals surface area contributed by atoms with Crippen molar-refractivity contribution in [2.24, 2.45) is 0 Å². The lowest BCUT2D eigenvalue weighted by atomic mass is 9.98. The van der Waals surface area contributed by atoms with Crippen LogP contribution in [-0.4, -0.2) is 46.8 Å². The van der Waals surface area contributed by atoms with Gasteiger partial charge < -0.3 is 14.2 Å². The Morgan fingerprint density at radius 1 is 1.37 bits per heavy atom. The topological polar surface area (TPSA) is 144 Å². The van der Waals surface area contributed by atoms with Crippen LogP contribution in [0.15, 0.2) is 46.1 Å². The molecule has 2 aliphatic rings. The Kier molecular flexibility index (Phi) is 7.30. The summed E-state index contributed by atoms with van der Waals surface area (Å²) in [6, 6.07) is 7.45. The normalized spacial score (nSPS) is 32.9. The van der Waals surface area contributed by atoms with Gasteiger partial charge in [0.25, 0.3) is 5.56 Å². The number of ether oxygens (including phenoxy) is 3. The molecule has 15 heteroatoms. The molecule has 0 saturated carbocycles. The average Bonchev–Trinajstić information content (AvgIpc) is 3.02. The van der Waals surface area contributed by atoms with Gasteiger partial charge in [-0.2, -0.15) is 0 Å². The predicted octanol–water partition coefficient (Wildman–Crippen LogP) is 2.59.